The summed E-state index contributed by atoms with van der Waals surface area (Å²) in [4.78, 5) is 0. The van der Waals surface area contributed by atoms with E-state index in [0.717, 1.165) is 0 Å². The van der Waals surface area contributed by atoms with Gasteiger partial charge in [0.2, 0.25) is 0 Å². The summed E-state index contributed by atoms with van der Waals surface area (Å²) in [7, 11) is -5.40. The van der Waals surface area contributed by atoms with E-state index in [9.17, 15) is 47.9 Å². The Balaban J connectivity index is 5.65. The monoisotopic (exact) mass is 328 g/mol. The van der Waals surface area contributed by atoms with Crippen molar-refractivity contribution in [1.82, 2.24) is 0 Å². The zero-order chi connectivity index (χ0) is 15.9. The van der Waals surface area contributed by atoms with Gasteiger partial charge in [-0.15, -0.1) is 0 Å². The normalized spacial score (nSPS) is 15.7. The Labute approximate surface area is 100 Å². The topological polar surface area (TPSA) is 43.4 Å². The van der Waals surface area contributed by atoms with Gasteiger partial charge in [0, 0.05) is 0 Å². The quantitative estimate of drug-likeness (QED) is 0.576. The van der Waals surface area contributed by atoms with Gasteiger partial charge in [-0.1, -0.05) is 0 Å². The molecule has 0 saturated heterocycles. The fourth-order valence-corrected chi connectivity index (χ4v) is 1.17. The van der Waals surface area contributed by atoms with Crippen molar-refractivity contribution in [1.29, 1.82) is 0 Å². The molecule has 0 bridgehead atoms. The number of hydrogen-bond acceptors (Lipinski definition) is 3. The standard InChI is InChI=1S/C6H5F9O3S/c1-2-19(16,17)18-6(14,15)4(9,10)3(7,8)5(11,12)13/h2H2,1H3. The summed E-state index contributed by atoms with van der Waals surface area (Å²) < 4.78 is 133. The van der Waals surface area contributed by atoms with Gasteiger partial charge in [0.05, 0.1) is 5.75 Å². The fourth-order valence-electron chi connectivity index (χ4n) is 0.631. The molecule has 13 heteroatoms. The molecule has 0 fully saturated rings. The minimum atomic E-state index is -7.19. The van der Waals surface area contributed by atoms with Crippen molar-refractivity contribution in [3.8, 4) is 0 Å². The van der Waals surface area contributed by atoms with Crippen molar-refractivity contribution in [3.63, 3.8) is 0 Å². The smallest absolute Gasteiger partial charge is 0.199 e. The predicted molar refractivity (Wildman–Crippen MR) is 41.4 cm³/mol. The third-order valence-electron chi connectivity index (χ3n) is 1.70. The Kier molecular flexibility index (Phi) is 4.50. The van der Waals surface area contributed by atoms with E-state index in [1.807, 2.05) is 0 Å². The van der Waals surface area contributed by atoms with Crippen LogP contribution in [0.2, 0.25) is 0 Å². The molecule has 0 amide bonds. The molecule has 0 heterocycles. The third kappa shape index (κ3) is 3.24. The van der Waals surface area contributed by atoms with Gasteiger partial charge in [0.1, 0.15) is 0 Å². The van der Waals surface area contributed by atoms with Gasteiger partial charge in [-0.2, -0.15) is 52.1 Å². The maximum atomic E-state index is 12.6. The van der Waals surface area contributed by atoms with Crippen molar-refractivity contribution >= 4 is 10.1 Å². The first kappa shape index (κ1) is 18.3. The van der Waals surface area contributed by atoms with E-state index in [0.29, 0.717) is 6.92 Å². The summed E-state index contributed by atoms with van der Waals surface area (Å²) in [5.41, 5.74) is 0. The van der Waals surface area contributed by atoms with Gasteiger partial charge in [0.15, 0.2) is 0 Å². The number of halogens is 9. The highest BCUT2D eigenvalue weighted by Gasteiger charge is 2.83. The van der Waals surface area contributed by atoms with Crippen molar-refractivity contribution in [2.45, 2.75) is 31.1 Å². The van der Waals surface area contributed by atoms with Crippen LogP contribution in [0.5, 0.6) is 0 Å². The fraction of sp³-hybridized carbons (Fsp3) is 1.00. The van der Waals surface area contributed by atoms with Gasteiger partial charge in [-0.05, 0) is 6.92 Å². The Morgan fingerprint density at radius 1 is 0.842 bits per heavy atom. The van der Waals surface area contributed by atoms with Crippen molar-refractivity contribution in [2.24, 2.45) is 0 Å². The molecule has 0 aromatic rings. The summed E-state index contributed by atoms with van der Waals surface area (Å²) in [6.07, 6.45) is -13.6. The van der Waals surface area contributed by atoms with E-state index in [1.54, 1.807) is 0 Å². The first-order chi connectivity index (χ1) is 8.02. The molecule has 0 aromatic carbocycles. The summed E-state index contributed by atoms with van der Waals surface area (Å²) in [6, 6.07) is 0. The number of rotatable bonds is 5. The van der Waals surface area contributed by atoms with Crippen LogP contribution >= 0.6 is 0 Å². The summed E-state index contributed by atoms with van der Waals surface area (Å²) in [6.45, 7) is 0.617. The lowest BCUT2D eigenvalue weighted by atomic mass is 10.1. The zero-order valence-corrected chi connectivity index (χ0v) is 9.56. The lowest BCUT2D eigenvalue weighted by molar-refractivity contribution is -0.428. The summed E-state index contributed by atoms with van der Waals surface area (Å²) >= 11 is 0. The molecule has 0 aliphatic rings. The lowest BCUT2D eigenvalue weighted by Gasteiger charge is -2.32. The highest BCUT2D eigenvalue weighted by molar-refractivity contribution is 7.86. The van der Waals surface area contributed by atoms with Crippen LogP contribution in [-0.4, -0.2) is 38.3 Å². The van der Waals surface area contributed by atoms with Crippen LogP contribution in [0.3, 0.4) is 0 Å². The van der Waals surface area contributed by atoms with Gasteiger partial charge in [0.25, 0.3) is 10.1 Å². The molecule has 116 valence electrons. The second-order valence-electron chi connectivity index (χ2n) is 3.09. The minimum absolute atomic E-state index is 0.617. The zero-order valence-electron chi connectivity index (χ0n) is 8.74. The van der Waals surface area contributed by atoms with Crippen LogP contribution in [0, 0.1) is 0 Å². The van der Waals surface area contributed by atoms with Crippen molar-refractivity contribution < 1.29 is 52.1 Å². The molecule has 0 saturated carbocycles. The molecule has 0 radical (unpaired) electrons. The molecule has 19 heavy (non-hydrogen) atoms. The van der Waals surface area contributed by atoms with Crippen LogP contribution in [0.1, 0.15) is 6.92 Å². The van der Waals surface area contributed by atoms with Crippen LogP contribution in [0.25, 0.3) is 0 Å². The minimum Gasteiger partial charge on any atom is -0.199 e. The Morgan fingerprint density at radius 2 is 1.21 bits per heavy atom. The molecule has 0 aromatic heterocycles. The van der Waals surface area contributed by atoms with Crippen LogP contribution in [0.15, 0.2) is 0 Å². The lowest BCUT2D eigenvalue weighted by Crippen LogP contribution is -2.62. The highest BCUT2D eigenvalue weighted by atomic mass is 32.2. The second-order valence-corrected chi connectivity index (χ2v) is 4.95. The summed E-state index contributed by atoms with van der Waals surface area (Å²) in [5.74, 6) is -15.6. The largest absolute Gasteiger partial charge is 0.460 e. The van der Waals surface area contributed by atoms with E-state index in [-0.39, 0.29) is 0 Å². The van der Waals surface area contributed by atoms with E-state index < -0.39 is 40.0 Å². The first-order valence-electron chi connectivity index (χ1n) is 4.15. The average molecular weight is 328 g/mol. The Bertz CT molecular complexity index is 424. The third-order valence-corrected chi connectivity index (χ3v) is 2.87. The molecule has 0 aliphatic heterocycles. The number of alkyl halides is 9. The van der Waals surface area contributed by atoms with E-state index in [1.165, 1.54) is 0 Å². The molecule has 0 unspecified atom stereocenters. The average Bonchev–Trinajstić information content (AvgIpc) is 2.13. The molecule has 0 spiro atoms. The maximum Gasteiger partial charge on any atom is 0.460 e. The Hall–Kier alpha value is -0.720. The van der Waals surface area contributed by atoms with Gasteiger partial charge < -0.3 is 0 Å². The number of hydrogen-bond donors (Lipinski definition) is 0. The van der Waals surface area contributed by atoms with Gasteiger partial charge >= 0.3 is 24.1 Å². The molecular formula is C6H5F9O3S. The van der Waals surface area contributed by atoms with Gasteiger partial charge in [-0.3, -0.25) is 0 Å². The molecule has 0 rings (SSSR count). The Morgan fingerprint density at radius 3 is 1.47 bits per heavy atom. The highest BCUT2D eigenvalue weighted by Crippen LogP contribution is 2.53. The van der Waals surface area contributed by atoms with E-state index >= 15 is 0 Å². The van der Waals surface area contributed by atoms with Gasteiger partial charge in [-0.25, -0.2) is 0 Å². The van der Waals surface area contributed by atoms with Crippen LogP contribution < -0.4 is 0 Å². The van der Waals surface area contributed by atoms with Crippen LogP contribution in [0.4, 0.5) is 39.5 Å². The van der Waals surface area contributed by atoms with E-state index in [2.05, 4.69) is 4.18 Å². The van der Waals surface area contributed by atoms with Crippen molar-refractivity contribution in [2.75, 3.05) is 5.75 Å². The van der Waals surface area contributed by atoms with E-state index in [4.69, 9.17) is 0 Å². The van der Waals surface area contributed by atoms with Crippen LogP contribution in [-0.2, 0) is 14.3 Å². The SMILES string of the molecule is CCS(=O)(=O)OC(F)(F)C(F)(F)C(F)(F)C(F)(F)F. The first-order valence-corrected chi connectivity index (χ1v) is 5.73. The molecule has 3 nitrogen and oxygen atoms in total. The molecule has 0 atom stereocenters. The second kappa shape index (κ2) is 4.68. The molecular weight excluding hydrogens is 323 g/mol. The maximum absolute atomic E-state index is 12.6. The molecule has 0 aliphatic carbocycles. The molecule has 0 N–H and O–H groups in total. The summed E-state index contributed by atoms with van der Waals surface area (Å²) in [5, 5.41) is 0. The predicted octanol–water partition coefficient (Wildman–Crippen LogP) is 2.78. The van der Waals surface area contributed by atoms with Crippen molar-refractivity contribution in [3.05, 3.63) is 0 Å².